The number of carbonyl (C=O) groups excluding carboxylic acids is 2. The SMILES string of the molecule is O=C1CC(C(=O)NCc2cccc(OCCN3CCOCC3)c2)c2ccccc2N1. The van der Waals surface area contributed by atoms with E-state index in [1.54, 1.807) is 0 Å². The molecule has 2 amide bonds. The van der Waals surface area contributed by atoms with Gasteiger partial charge in [-0.05, 0) is 29.3 Å². The fourth-order valence-corrected chi connectivity index (χ4v) is 3.82. The summed E-state index contributed by atoms with van der Waals surface area (Å²) in [6, 6.07) is 15.2. The topological polar surface area (TPSA) is 79.9 Å². The Kier molecular flexibility index (Phi) is 6.61. The first-order chi connectivity index (χ1) is 14.7. The molecule has 2 N–H and O–H groups in total. The van der Waals surface area contributed by atoms with Gasteiger partial charge in [-0.3, -0.25) is 14.5 Å². The Labute approximate surface area is 176 Å². The van der Waals surface area contributed by atoms with Crippen LogP contribution in [0.5, 0.6) is 5.75 Å². The van der Waals surface area contributed by atoms with E-state index in [4.69, 9.17) is 9.47 Å². The molecule has 2 heterocycles. The summed E-state index contributed by atoms with van der Waals surface area (Å²) in [4.78, 5) is 27.1. The fraction of sp³-hybridized carbons (Fsp3) is 0.391. The van der Waals surface area contributed by atoms with Crippen LogP contribution in [0, 0.1) is 0 Å². The molecule has 1 saturated heterocycles. The molecule has 7 heteroatoms. The second kappa shape index (κ2) is 9.73. The zero-order chi connectivity index (χ0) is 20.8. The number of fused-ring (bicyclic) bond motifs is 1. The van der Waals surface area contributed by atoms with Gasteiger partial charge in [-0.1, -0.05) is 30.3 Å². The minimum Gasteiger partial charge on any atom is -0.492 e. The molecule has 2 aromatic rings. The van der Waals surface area contributed by atoms with Crippen molar-refractivity contribution in [3.05, 3.63) is 59.7 Å². The van der Waals surface area contributed by atoms with Crippen LogP contribution in [0.15, 0.2) is 48.5 Å². The Morgan fingerprint density at radius 3 is 2.87 bits per heavy atom. The van der Waals surface area contributed by atoms with E-state index in [1.807, 2.05) is 48.5 Å². The van der Waals surface area contributed by atoms with E-state index in [0.717, 1.165) is 49.7 Å². The summed E-state index contributed by atoms with van der Waals surface area (Å²) in [5.41, 5.74) is 2.53. The van der Waals surface area contributed by atoms with Crippen LogP contribution in [-0.4, -0.2) is 56.2 Å². The lowest BCUT2D eigenvalue weighted by Gasteiger charge is -2.26. The van der Waals surface area contributed by atoms with Crippen molar-refractivity contribution in [3.8, 4) is 5.75 Å². The van der Waals surface area contributed by atoms with E-state index in [-0.39, 0.29) is 18.2 Å². The van der Waals surface area contributed by atoms with Crippen LogP contribution in [0.3, 0.4) is 0 Å². The maximum Gasteiger partial charge on any atom is 0.228 e. The monoisotopic (exact) mass is 409 g/mol. The second-order valence-corrected chi connectivity index (χ2v) is 7.56. The van der Waals surface area contributed by atoms with Gasteiger partial charge < -0.3 is 20.1 Å². The van der Waals surface area contributed by atoms with Gasteiger partial charge in [0.15, 0.2) is 0 Å². The molecule has 0 spiro atoms. The molecule has 0 bridgehead atoms. The number of anilines is 1. The van der Waals surface area contributed by atoms with Crippen LogP contribution in [0.4, 0.5) is 5.69 Å². The Morgan fingerprint density at radius 2 is 2.00 bits per heavy atom. The Hall–Kier alpha value is -2.90. The molecule has 0 saturated carbocycles. The molecule has 7 nitrogen and oxygen atoms in total. The highest BCUT2D eigenvalue weighted by atomic mass is 16.5. The van der Waals surface area contributed by atoms with Gasteiger partial charge in [0.1, 0.15) is 12.4 Å². The quantitative estimate of drug-likeness (QED) is 0.733. The molecule has 2 aromatic carbocycles. The van der Waals surface area contributed by atoms with Crippen molar-refractivity contribution in [1.82, 2.24) is 10.2 Å². The molecular formula is C23H27N3O4. The molecule has 1 unspecified atom stereocenters. The van der Waals surface area contributed by atoms with E-state index >= 15 is 0 Å². The summed E-state index contributed by atoms with van der Waals surface area (Å²) in [5.74, 6) is 0.0424. The number of carbonyl (C=O) groups is 2. The summed E-state index contributed by atoms with van der Waals surface area (Å²) in [6.45, 7) is 5.32. The number of rotatable bonds is 7. The van der Waals surface area contributed by atoms with Crippen molar-refractivity contribution in [2.24, 2.45) is 0 Å². The number of benzene rings is 2. The smallest absolute Gasteiger partial charge is 0.228 e. The van der Waals surface area contributed by atoms with Gasteiger partial charge in [0.2, 0.25) is 11.8 Å². The molecule has 2 aliphatic rings. The Bertz CT molecular complexity index is 896. The third kappa shape index (κ3) is 5.17. The Balaban J connectivity index is 1.30. The number of hydrogen-bond acceptors (Lipinski definition) is 5. The molecular weight excluding hydrogens is 382 g/mol. The first-order valence-electron chi connectivity index (χ1n) is 10.4. The first-order valence-corrected chi connectivity index (χ1v) is 10.4. The largest absolute Gasteiger partial charge is 0.492 e. The van der Waals surface area contributed by atoms with Crippen LogP contribution in [0.2, 0.25) is 0 Å². The number of nitrogens with zero attached hydrogens (tertiary/aromatic N) is 1. The van der Waals surface area contributed by atoms with Crippen LogP contribution in [0.1, 0.15) is 23.5 Å². The third-order valence-corrected chi connectivity index (χ3v) is 5.46. The van der Waals surface area contributed by atoms with Crippen LogP contribution in [0.25, 0.3) is 0 Å². The lowest BCUT2D eigenvalue weighted by Crippen LogP contribution is -2.38. The van der Waals surface area contributed by atoms with Gasteiger partial charge in [0.05, 0.1) is 19.1 Å². The lowest BCUT2D eigenvalue weighted by molar-refractivity contribution is -0.126. The average Bonchev–Trinajstić information content (AvgIpc) is 2.78. The summed E-state index contributed by atoms with van der Waals surface area (Å²) in [7, 11) is 0. The van der Waals surface area contributed by atoms with E-state index < -0.39 is 5.92 Å². The third-order valence-electron chi connectivity index (χ3n) is 5.46. The van der Waals surface area contributed by atoms with Gasteiger partial charge in [-0.15, -0.1) is 0 Å². The molecule has 30 heavy (non-hydrogen) atoms. The standard InChI is InChI=1S/C23H27N3O4/c27-22-15-20(19-6-1-2-7-21(19)25-22)23(28)24-16-17-4-3-5-18(14-17)30-13-10-26-8-11-29-12-9-26/h1-7,14,20H,8-13,15-16H2,(H,24,28)(H,25,27). The summed E-state index contributed by atoms with van der Waals surface area (Å²) in [5, 5.41) is 5.79. The number of morpholine rings is 1. The minimum atomic E-state index is -0.470. The van der Waals surface area contributed by atoms with Crippen LogP contribution >= 0.6 is 0 Å². The van der Waals surface area contributed by atoms with Gasteiger partial charge in [0.25, 0.3) is 0 Å². The molecule has 1 atom stereocenters. The summed E-state index contributed by atoms with van der Waals surface area (Å²) < 4.78 is 11.2. The van der Waals surface area contributed by atoms with Crippen molar-refractivity contribution in [3.63, 3.8) is 0 Å². The van der Waals surface area contributed by atoms with Crippen LogP contribution in [-0.2, 0) is 20.9 Å². The Morgan fingerprint density at radius 1 is 1.17 bits per heavy atom. The van der Waals surface area contributed by atoms with Crippen molar-refractivity contribution in [1.29, 1.82) is 0 Å². The number of para-hydroxylation sites is 1. The molecule has 4 rings (SSSR count). The molecule has 0 aliphatic carbocycles. The maximum atomic E-state index is 12.8. The van der Waals surface area contributed by atoms with Gasteiger partial charge >= 0.3 is 0 Å². The van der Waals surface area contributed by atoms with E-state index in [1.165, 1.54) is 0 Å². The highest BCUT2D eigenvalue weighted by Gasteiger charge is 2.30. The molecule has 2 aliphatic heterocycles. The van der Waals surface area contributed by atoms with Crippen molar-refractivity contribution in [2.45, 2.75) is 18.9 Å². The van der Waals surface area contributed by atoms with Crippen molar-refractivity contribution in [2.75, 3.05) is 44.8 Å². The predicted octanol–water partition coefficient (Wildman–Crippen LogP) is 2.14. The highest BCUT2D eigenvalue weighted by molar-refractivity contribution is 6.01. The lowest BCUT2D eigenvalue weighted by atomic mass is 9.90. The predicted molar refractivity (Wildman–Crippen MR) is 113 cm³/mol. The van der Waals surface area contributed by atoms with Gasteiger partial charge in [-0.2, -0.15) is 0 Å². The highest BCUT2D eigenvalue weighted by Crippen LogP contribution is 2.32. The minimum absolute atomic E-state index is 0.135. The number of amides is 2. The molecule has 0 radical (unpaired) electrons. The molecule has 0 aromatic heterocycles. The van der Waals surface area contributed by atoms with Gasteiger partial charge in [-0.25, -0.2) is 0 Å². The zero-order valence-corrected chi connectivity index (χ0v) is 16.9. The molecule has 1 fully saturated rings. The normalized spacial score (nSPS) is 18.9. The number of nitrogens with one attached hydrogen (secondary N) is 2. The average molecular weight is 409 g/mol. The summed E-state index contributed by atoms with van der Waals surface area (Å²) in [6.07, 6.45) is 0.160. The fourth-order valence-electron chi connectivity index (χ4n) is 3.82. The summed E-state index contributed by atoms with van der Waals surface area (Å²) >= 11 is 0. The van der Waals surface area contributed by atoms with Gasteiger partial charge in [0, 0.05) is 38.3 Å². The number of hydrogen-bond donors (Lipinski definition) is 2. The van der Waals surface area contributed by atoms with E-state index in [9.17, 15) is 9.59 Å². The maximum absolute atomic E-state index is 12.8. The van der Waals surface area contributed by atoms with Crippen molar-refractivity contribution >= 4 is 17.5 Å². The molecule has 158 valence electrons. The van der Waals surface area contributed by atoms with E-state index in [2.05, 4.69) is 15.5 Å². The van der Waals surface area contributed by atoms with E-state index in [0.29, 0.717) is 18.8 Å². The van der Waals surface area contributed by atoms with Crippen LogP contribution < -0.4 is 15.4 Å². The first kappa shape index (κ1) is 20.4. The number of ether oxygens (including phenoxy) is 2. The van der Waals surface area contributed by atoms with Crippen molar-refractivity contribution < 1.29 is 19.1 Å². The second-order valence-electron chi connectivity index (χ2n) is 7.56. The zero-order valence-electron chi connectivity index (χ0n) is 16.9.